The van der Waals surface area contributed by atoms with Crippen molar-refractivity contribution in [2.24, 2.45) is 0 Å². The monoisotopic (exact) mass is 2310 g/mol. The fraction of sp³-hybridized carbons (Fsp3) is 0.289. The highest BCUT2D eigenvalue weighted by Crippen LogP contribution is 2.49. The van der Waals surface area contributed by atoms with Crippen LogP contribution in [0.2, 0.25) is 30.1 Å². The van der Waals surface area contributed by atoms with Crippen molar-refractivity contribution in [2.75, 3.05) is 145 Å². The summed E-state index contributed by atoms with van der Waals surface area (Å²) >= 11 is 74.5. The molecular weight excluding hydrogens is 2210 g/mol. The van der Waals surface area contributed by atoms with Crippen LogP contribution in [0.25, 0.3) is 54.5 Å². The number of halogens is 7. The number of nitrogens with one attached hydrogen (secondary N) is 5. The lowest BCUT2D eigenvalue weighted by Gasteiger charge is -2.37. The molecule has 0 saturated carbocycles. The predicted octanol–water partition coefficient (Wildman–Crippen LogP) is 29.1. The number of hydrogen-bond donors (Lipinski definition) is 6. The minimum Gasteiger partial charge on any atom is -0.497 e. The molecule has 0 aliphatic carbocycles. The number of aromatic amines is 5. The number of H-pyrrole nitrogens is 5. The zero-order valence-corrected chi connectivity index (χ0v) is 96.1. The number of aliphatic hydroxyl groups is 1. The summed E-state index contributed by atoms with van der Waals surface area (Å²) in [6.07, 6.45) is 4.49. The van der Waals surface area contributed by atoms with Gasteiger partial charge in [-0.1, -0.05) is 262 Å². The minimum atomic E-state index is -0.387. The fourth-order valence-electron chi connectivity index (χ4n) is 20.0. The molecule has 5 atom stereocenters. The Balaban J connectivity index is 0.000000128. The number of nitrogens with zero attached hydrogens (tertiary/aromatic N) is 5. The van der Waals surface area contributed by atoms with Crippen molar-refractivity contribution < 1.29 is 47.4 Å². The molecule has 5 aliphatic heterocycles. The molecule has 0 radical (unpaired) electrons. The Labute approximate surface area is 951 Å². The summed E-state index contributed by atoms with van der Waals surface area (Å²) in [6, 6.07) is 78.8. The molecular formula is C114H113Cl6FN10O9S10. The van der Waals surface area contributed by atoms with Gasteiger partial charge in [-0.3, -0.25) is 4.39 Å². The van der Waals surface area contributed by atoms with Crippen molar-refractivity contribution in [1.82, 2.24) is 49.4 Å². The Morgan fingerprint density at radius 1 is 0.307 bits per heavy atom. The third-order valence-corrected chi connectivity index (χ3v) is 35.8. The Morgan fingerprint density at radius 3 is 0.813 bits per heavy atom. The maximum atomic E-state index is 12.7. The fourth-order valence-corrected chi connectivity index (χ4v) is 26.9. The van der Waals surface area contributed by atoms with Crippen LogP contribution in [-0.2, 0) is 52.1 Å². The second kappa shape index (κ2) is 53.3. The molecule has 0 fully saturated rings. The third kappa shape index (κ3) is 26.3. The van der Waals surface area contributed by atoms with E-state index < -0.39 is 0 Å². The van der Waals surface area contributed by atoms with Crippen LogP contribution in [0.15, 0.2) is 237 Å². The highest BCUT2D eigenvalue weighted by atomic mass is 35.5. The van der Waals surface area contributed by atoms with E-state index >= 15 is 0 Å². The molecule has 16 aromatic rings. The lowest BCUT2D eigenvalue weighted by atomic mass is 9.93. The summed E-state index contributed by atoms with van der Waals surface area (Å²) in [6.45, 7) is 6.40. The third-order valence-electron chi connectivity index (χ3n) is 27.0. The maximum Gasteiger partial charge on any atom is 0.137 e. The standard InChI is InChI=1S/C26H22Cl2N2OS2.C24H27ClN2O3S2.C22H23ClN2O2S2.C21H20ClFN2OS2.C21H21ClN2O2S2/c1-31-20-8-5-17(6-9-20)25-24-21(22-14-19(28)7-10-23(22)29-24)11-12-30(25)26(32)33-15-16-3-2-4-18(27)13-16;1-28-11-12-30-13-14-32-24(31)27-10-9-19-20-15-17(25)5-8-21(20)26-22(19)23(27)16-3-6-18(29-2)7-4-16;1-26-11-12-29-22(28)25-10-9-17-18-13-15(23)5-8-19(18)24-20(17)21(25)14-3-6-16(27-2)7-4-14;1-26-15-5-2-13(3-6-15)20-19-16(8-10-25(20)21(27)28-11-9-23)17-12-14(22)4-7-18(17)24-19;1-26-15-5-2-13(3-6-15)20-19-16(8-9-24(20)21(27)28-11-10-25)17-12-14(22)4-7-18(17)23-19/h2-10,13-14,25,29H,11-12,15H2,1H3;3-8,15,23,26H,9-14H2,1-2H3;3-8,13,21,24H,9-12H2,1-2H3;2-7,12,20,24H,8-11H2,1H3;2-7,12,20,23,25H,8-11H2,1H3. The topological polar surface area (TPSA) is 189 Å². The van der Waals surface area contributed by atoms with Gasteiger partial charge < -0.3 is 92.4 Å². The maximum absolute atomic E-state index is 12.7. The predicted molar refractivity (Wildman–Crippen MR) is 646 cm³/mol. The molecule has 5 aliphatic rings. The molecule has 36 heteroatoms. The average Bonchev–Trinajstić information content (AvgIpc) is 1.61. The van der Waals surface area contributed by atoms with E-state index in [9.17, 15) is 9.50 Å². The van der Waals surface area contributed by atoms with Gasteiger partial charge in [-0.2, -0.15) is 0 Å². The van der Waals surface area contributed by atoms with Gasteiger partial charge in [0.15, 0.2) is 0 Å². The van der Waals surface area contributed by atoms with Crippen LogP contribution >= 0.6 is 190 Å². The number of hydrogen-bond acceptors (Lipinski definition) is 19. The number of ether oxygens (including phenoxy) is 8. The number of thiocarbonyl (C=S) groups is 5. The van der Waals surface area contributed by atoms with Crippen molar-refractivity contribution in [3.8, 4) is 28.7 Å². The van der Waals surface area contributed by atoms with Gasteiger partial charge in [0.2, 0.25) is 0 Å². The zero-order chi connectivity index (χ0) is 105. The van der Waals surface area contributed by atoms with Crippen LogP contribution in [0.1, 0.15) is 120 Å². The number of benzene rings is 11. The van der Waals surface area contributed by atoms with E-state index in [1.807, 2.05) is 133 Å². The molecule has 0 bridgehead atoms. The van der Waals surface area contributed by atoms with Gasteiger partial charge in [0.1, 0.15) is 50.4 Å². The molecule has 782 valence electrons. The largest absolute Gasteiger partial charge is 0.497 e. The van der Waals surface area contributed by atoms with Crippen LogP contribution in [0.5, 0.6) is 28.7 Å². The van der Waals surface area contributed by atoms with Crippen molar-refractivity contribution in [2.45, 2.75) is 68.1 Å². The second-order valence-corrected chi connectivity index (χ2v) is 46.9. The van der Waals surface area contributed by atoms with E-state index in [0.717, 1.165) is 224 Å². The highest BCUT2D eigenvalue weighted by molar-refractivity contribution is 8.24. The lowest BCUT2D eigenvalue weighted by molar-refractivity contribution is 0.0790. The van der Waals surface area contributed by atoms with Gasteiger partial charge >= 0.3 is 0 Å². The molecule has 5 aromatic heterocycles. The van der Waals surface area contributed by atoms with Crippen molar-refractivity contribution in [1.29, 1.82) is 0 Å². The first-order valence-electron chi connectivity index (χ1n) is 48.9. The van der Waals surface area contributed by atoms with Gasteiger partial charge in [-0.15, -0.1) is 0 Å². The van der Waals surface area contributed by atoms with Gasteiger partial charge in [-0.05, 0) is 257 Å². The molecule has 19 nitrogen and oxygen atoms in total. The quantitative estimate of drug-likeness (QED) is 0.0234. The summed E-state index contributed by atoms with van der Waals surface area (Å²) in [4.78, 5) is 29.6. The smallest absolute Gasteiger partial charge is 0.137 e. The molecule has 0 amide bonds. The van der Waals surface area contributed by atoms with E-state index in [-0.39, 0.29) is 43.5 Å². The first kappa shape index (κ1) is 112. The average molecular weight is 2320 g/mol. The van der Waals surface area contributed by atoms with Gasteiger partial charge in [0, 0.05) is 189 Å². The Hall–Kier alpha value is -9.17. The molecule has 0 spiro atoms. The number of rotatable bonds is 25. The number of aliphatic hydroxyl groups excluding tert-OH is 1. The zero-order valence-electron chi connectivity index (χ0n) is 83.4. The minimum absolute atomic E-state index is 0.00485. The summed E-state index contributed by atoms with van der Waals surface area (Å²) < 4.78 is 59.4. The van der Waals surface area contributed by atoms with Gasteiger partial charge in [0.25, 0.3) is 0 Å². The van der Waals surface area contributed by atoms with Crippen LogP contribution < -0.4 is 23.7 Å². The van der Waals surface area contributed by atoms with E-state index in [0.29, 0.717) is 37.9 Å². The summed E-state index contributed by atoms with van der Waals surface area (Å²) in [7, 11) is 11.8. The molecule has 5 unspecified atom stereocenters. The number of methoxy groups -OCH3 is 7. The summed E-state index contributed by atoms with van der Waals surface area (Å²) in [5, 5.41) is 19.6. The Bertz CT molecular complexity index is 7270. The van der Waals surface area contributed by atoms with Gasteiger partial charge in [0.05, 0.1) is 105 Å². The van der Waals surface area contributed by atoms with E-state index in [1.54, 1.807) is 85.1 Å². The normalized spacial score (nSPS) is 15.9. The molecule has 10 heterocycles. The number of alkyl halides is 1. The van der Waals surface area contributed by atoms with Crippen molar-refractivity contribution in [3.63, 3.8) is 0 Å². The lowest BCUT2D eigenvalue weighted by Crippen LogP contribution is -2.38. The van der Waals surface area contributed by atoms with E-state index in [2.05, 4.69) is 153 Å². The number of fused-ring (bicyclic) bond motifs is 15. The van der Waals surface area contributed by atoms with Crippen molar-refractivity contribution in [3.05, 3.63) is 356 Å². The number of thioether (sulfide) groups is 5. The molecule has 0 saturated heterocycles. The Kier molecular flexibility index (Phi) is 39.8. The van der Waals surface area contributed by atoms with Crippen molar-refractivity contribution >= 4 is 266 Å². The number of aromatic nitrogens is 5. The SMILES string of the molecule is COCCOCCSC(=S)N1CCc2c([nH]c3ccc(Cl)cc23)C1c1ccc(OC)cc1.COCCSC(=S)N1CCc2c([nH]c3ccc(Cl)cc23)C1c1ccc(OC)cc1.COc1ccc(C2c3[nH]c4ccc(Cl)cc4c3CCN2C(=S)SCCF)cc1.COc1ccc(C2c3[nH]c4ccc(Cl)cc4c3CCN2C(=S)SCCO)cc1.COc1ccc(C2c3[nH]c4ccc(Cl)cc4c3CCN2C(=S)SCc2cccc(Cl)c2)cc1. The first-order chi connectivity index (χ1) is 73.0. The van der Waals surface area contributed by atoms with E-state index in [1.165, 1.54) is 107 Å². The Morgan fingerprint density at radius 2 is 0.560 bits per heavy atom. The molecule has 11 aromatic carbocycles. The van der Waals surface area contributed by atoms with Crippen LogP contribution in [0.4, 0.5) is 4.39 Å². The molecule has 6 N–H and O–H groups in total. The van der Waals surface area contributed by atoms with Crippen LogP contribution in [-0.4, -0.2) is 221 Å². The van der Waals surface area contributed by atoms with Crippen LogP contribution in [0, 0.1) is 0 Å². The highest BCUT2D eigenvalue weighted by Gasteiger charge is 2.40. The van der Waals surface area contributed by atoms with Gasteiger partial charge in [-0.25, -0.2) is 0 Å². The van der Waals surface area contributed by atoms with Crippen LogP contribution in [0.3, 0.4) is 0 Å². The molecule has 21 rings (SSSR count). The first-order valence-corrected chi connectivity index (χ1v) is 58.1. The second-order valence-electron chi connectivity index (χ2n) is 35.8. The summed E-state index contributed by atoms with van der Waals surface area (Å²) in [5.74, 6) is 7.56. The van der Waals surface area contributed by atoms with E-state index in [4.69, 9.17) is 169 Å². The summed E-state index contributed by atoms with van der Waals surface area (Å²) in [5.41, 5.74) is 24.7. The molecule has 150 heavy (non-hydrogen) atoms.